The number of carboxylic acids is 2. The molecule has 1 aliphatic rings. The van der Waals surface area contributed by atoms with Crippen LogP contribution in [-0.4, -0.2) is 59.3 Å². The number of hydrogen-bond donors (Lipinski definition) is 2. The quantitative estimate of drug-likeness (QED) is 0.446. The van der Waals surface area contributed by atoms with Crippen LogP contribution in [0.4, 0.5) is 0 Å². The van der Waals surface area contributed by atoms with Crippen LogP contribution in [0.2, 0.25) is 0 Å². The molecule has 0 aliphatic carbocycles. The monoisotopic (exact) mass is 377 g/mol. The van der Waals surface area contributed by atoms with Crippen LogP contribution in [-0.2, 0) is 19.1 Å². The van der Waals surface area contributed by atoms with Gasteiger partial charge in [0.2, 0.25) is 0 Å². The first-order valence-electron chi connectivity index (χ1n) is 9.03. The van der Waals surface area contributed by atoms with Gasteiger partial charge in [-0.2, -0.15) is 0 Å². The highest BCUT2D eigenvalue weighted by atomic mass is 16.5. The highest BCUT2D eigenvalue weighted by Gasteiger charge is 2.24. The Kier molecular flexibility index (Phi) is 9.82. The van der Waals surface area contributed by atoms with Crippen molar-refractivity contribution in [1.29, 1.82) is 0 Å². The van der Waals surface area contributed by atoms with Crippen LogP contribution in [0.25, 0.3) is 5.57 Å². The second kappa shape index (κ2) is 11.9. The van der Waals surface area contributed by atoms with Crippen molar-refractivity contribution in [3.63, 3.8) is 0 Å². The summed E-state index contributed by atoms with van der Waals surface area (Å²) in [6.07, 6.45) is 2.88. The molecule has 27 heavy (non-hydrogen) atoms. The highest BCUT2D eigenvalue weighted by Crippen LogP contribution is 2.28. The Balaban J connectivity index is 0.000000527. The first kappa shape index (κ1) is 22.4. The van der Waals surface area contributed by atoms with Gasteiger partial charge in [0.05, 0.1) is 12.2 Å². The lowest BCUT2D eigenvalue weighted by atomic mass is 9.93. The second-order valence-electron chi connectivity index (χ2n) is 6.04. The van der Waals surface area contributed by atoms with Gasteiger partial charge in [-0.25, -0.2) is 14.4 Å². The first-order chi connectivity index (χ1) is 12.9. The Morgan fingerprint density at radius 1 is 1.07 bits per heavy atom. The highest BCUT2D eigenvalue weighted by molar-refractivity contribution is 6.27. The van der Waals surface area contributed by atoms with E-state index in [9.17, 15) is 4.79 Å². The SMILES string of the molecule is CCCCOC(=O)C1=C(c2ccccc2)CCN(CC)C1.O=C(O)C(=O)O. The van der Waals surface area contributed by atoms with Crippen LogP contribution in [0, 0.1) is 0 Å². The summed E-state index contributed by atoms with van der Waals surface area (Å²) in [5, 5.41) is 14.8. The first-order valence-corrected chi connectivity index (χ1v) is 9.03. The van der Waals surface area contributed by atoms with Crippen molar-refractivity contribution in [1.82, 2.24) is 4.90 Å². The normalized spacial score (nSPS) is 14.1. The molecule has 1 aliphatic heterocycles. The predicted octanol–water partition coefficient (Wildman–Crippen LogP) is 2.66. The van der Waals surface area contributed by atoms with Crippen molar-refractivity contribution >= 4 is 23.5 Å². The van der Waals surface area contributed by atoms with E-state index in [1.807, 2.05) is 18.2 Å². The fourth-order valence-electron chi connectivity index (χ4n) is 2.63. The standard InChI is InChI=1S/C18H25NO2.C2H2O4/c1-3-5-13-21-18(20)17-14-19(4-2)12-11-16(17)15-9-7-6-8-10-15;3-1(4)2(5)6/h6-10H,3-5,11-14H2,1-2H3;(H,3,4)(H,5,6). The zero-order valence-corrected chi connectivity index (χ0v) is 15.8. The minimum absolute atomic E-state index is 0.138. The van der Waals surface area contributed by atoms with E-state index in [2.05, 4.69) is 30.9 Å². The van der Waals surface area contributed by atoms with Crippen LogP contribution in [0.15, 0.2) is 35.9 Å². The molecule has 0 fully saturated rings. The minimum Gasteiger partial charge on any atom is -0.473 e. The third kappa shape index (κ3) is 7.62. The number of carboxylic acid groups (broad SMARTS) is 2. The summed E-state index contributed by atoms with van der Waals surface area (Å²) in [5.74, 6) is -3.79. The molecule has 0 radical (unpaired) electrons. The Labute approximate surface area is 159 Å². The number of carbonyl (C=O) groups is 3. The van der Waals surface area contributed by atoms with Crippen LogP contribution in [0.3, 0.4) is 0 Å². The van der Waals surface area contributed by atoms with Gasteiger partial charge >= 0.3 is 17.9 Å². The summed E-state index contributed by atoms with van der Waals surface area (Å²) in [7, 11) is 0. The van der Waals surface area contributed by atoms with Crippen LogP contribution in [0.5, 0.6) is 0 Å². The molecule has 2 N–H and O–H groups in total. The maximum atomic E-state index is 12.4. The van der Waals surface area contributed by atoms with Gasteiger partial charge in [-0.1, -0.05) is 50.6 Å². The van der Waals surface area contributed by atoms with Gasteiger partial charge in [0.1, 0.15) is 0 Å². The van der Waals surface area contributed by atoms with Gasteiger partial charge in [-0.3, -0.25) is 4.90 Å². The van der Waals surface area contributed by atoms with E-state index >= 15 is 0 Å². The molecule has 2 rings (SSSR count). The molecule has 0 aromatic heterocycles. The molecule has 7 nitrogen and oxygen atoms in total. The van der Waals surface area contributed by atoms with Gasteiger partial charge in [0, 0.05) is 13.1 Å². The number of aliphatic carboxylic acids is 2. The molecular formula is C20H27NO6. The van der Waals surface area contributed by atoms with E-state index in [4.69, 9.17) is 24.5 Å². The smallest absolute Gasteiger partial charge is 0.414 e. The molecule has 0 amide bonds. The largest absolute Gasteiger partial charge is 0.473 e. The number of carbonyl (C=O) groups excluding carboxylic acids is 1. The van der Waals surface area contributed by atoms with E-state index in [-0.39, 0.29) is 5.97 Å². The molecule has 1 aromatic rings. The fraction of sp³-hybridized carbons (Fsp3) is 0.450. The molecule has 7 heteroatoms. The fourth-order valence-corrected chi connectivity index (χ4v) is 2.63. The van der Waals surface area contributed by atoms with Gasteiger partial charge < -0.3 is 14.9 Å². The molecule has 1 heterocycles. The Hall–Kier alpha value is -2.67. The Morgan fingerprint density at radius 3 is 2.22 bits per heavy atom. The summed E-state index contributed by atoms with van der Waals surface area (Å²) in [6, 6.07) is 10.2. The van der Waals surface area contributed by atoms with E-state index in [0.717, 1.165) is 49.1 Å². The summed E-state index contributed by atoms with van der Waals surface area (Å²) in [4.78, 5) is 32.9. The van der Waals surface area contributed by atoms with Crippen molar-refractivity contribution in [3.05, 3.63) is 41.5 Å². The number of ether oxygens (including phenoxy) is 1. The second-order valence-corrected chi connectivity index (χ2v) is 6.04. The Morgan fingerprint density at radius 2 is 1.70 bits per heavy atom. The van der Waals surface area contributed by atoms with Crippen LogP contribution < -0.4 is 0 Å². The zero-order valence-electron chi connectivity index (χ0n) is 15.8. The minimum atomic E-state index is -1.82. The molecule has 0 unspecified atom stereocenters. The molecule has 0 atom stereocenters. The van der Waals surface area contributed by atoms with Crippen molar-refractivity contribution < 1.29 is 29.3 Å². The van der Waals surface area contributed by atoms with Crippen LogP contribution >= 0.6 is 0 Å². The van der Waals surface area contributed by atoms with E-state index in [1.54, 1.807) is 0 Å². The molecule has 148 valence electrons. The third-order valence-electron chi connectivity index (χ3n) is 4.15. The molecule has 0 spiro atoms. The summed E-state index contributed by atoms with van der Waals surface area (Å²) in [5.41, 5.74) is 3.14. The lowest BCUT2D eigenvalue weighted by Gasteiger charge is -2.29. The lowest BCUT2D eigenvalue weighted by Crippen LogP contribution is -2.34. The van der Waals surface area contributed by atoms with Crippen LogP contribution in [0.1, 0.15) is 38.7 Å². The molecule has 0 bridgehead atoms. The van der Waals surface area contributed by atoms with Crippen molar-refractivity contribution in [2.45, 2.75) is 33.1 Å². The molecule has 0 saturated heterocycles. The Bertz CT molecular complexity index is 656. The van der Waals surface area contributed by atoms with E-state index < -0.39 is 11.9 Å². The summed E-state index contributed by atoms with van der Waals surface area (Å²) in [6.45, 7) is 7.43. The van der Waals surface area contributed by atoms with Gasteiger partial charge in [0.25, 0.3) is 0 Å². The summed E-state index contributed by atoms with van der Waals surface area (Å²) >= 11 is 0. The van der Waals surface area contributed by atoms with Crippen molar-refractivity contribution in [2.75, 3.05) is 26.2 Å². The summed E-state index contributed by atoms with van der Waals surface area (Å²) < 4.78 is 5.44. The number of nitrogens with zero attached hydrogens (tertiary/aromatic N) is 1. The molecule has 0 saturated carbocycles. The number of esters is 1. The maximum absolute atomic E-state index is 12.4. The number of hydrogen-bond acceptors (Lipinski definition) is 5. The lowest BCUT2D eigenvalue weighted by molar-refractivity contribution is -0.159. The topological polar surface area (TPSA) is 104 Å². The van der Waals surface area contributed by atoms with E-state index in [0.29, 0.717) is 13.2 Å². The zero-order chi connectivity index (χ0) is 20.2. The van der Waals surface area contributed by atoms with E-state index in [1.165, 1.54) is 0 Å². The average molecular weight is 377 g/mol. The molecular weight excluding hydrogens is 350 g/mol. The van der Waals surface area contributed by atoms with Gasteiger partial charge in [0.15, 0.2) is 0 Å². The number of likely N-dealkylation sites (N-methyl/N-ethyl adjacent to an activating group) is 1. The maximum Gasteiger partial charge on any atom is 0.414 e. The number of rotatable bonds is 6. The van der Waals surface area contributed by atoms with Crippen molar-refractivity contribution in [2.24, 2.45) is 0 Å². The number of unbranched alkanes of at least 4 members (excludes halogenated alkanes) is 1. The average Bonchev–Trinajstić information content (AvgIpc) is 2.68. The van der Waals surface area contributed by atoms with Crippen molar-refractivity contribution in [3.8, 4) is 0 Å². The number of benzene rings is 1. The molecule has 1 aromatic carbocycles. The van der Waals surface area contributed by atoms with Gasteiger partial charge in [-0.05, 0) is 30.5 Å². The third-order valence-corrected chi connectivity index (χ3v) is 4.15. The predicted molar refractivity (Wildman–Crippen MR) is 101 cm³/mol. The van der Waals surface area contributed by atoms with Gasteiger partial charge in [-0.15, -0.1) is 0 Å².